The summed E-state index contributed by atoms with van der Waals surface area (Å²) < 4.78 is 11.9. The molecule has 3 aromatic carbocycles. The summed E-state index contributed by atoms with van der Waals surface area (Å²) in [5.74, 6) is 1.67. The molecule has 0 aliphatic carbocycles. The number of halogens is 2. The van der Waals surface area contributed by atoms with Crippen molar-refractivity contribution < 1.29 is 9.47 Å². The number of hydrogen-bond acceptors (Lipinski definition) is 4. The first-order valence-electron chi connectivity index (χ1n) is 9.93. The molecule has 0 spiro atoms. The smallest absolute Gasteiger partial charge is 0.215 e. The average Bonchev–Trinajstić information content (AvgIpc) is 3.20. The SMILES string of the molecule is CCOc1ccc(C2=NN3[C@H](C2)c2cc(Cl)ccc2O[C@H]3c2ccccc2Cl)cc1. The Morgan fingerprint density at radius 1 is 1.03 bits per heavy atom. The molecule has 0 saturated carbocycles. The van der Waals surface area contributed by atoms with E-state index < -0.39 is 6.23 Å². The topological polar surface area (TPSA) is 34.1 Å². The minimum Gasteiger partial charge on any atom is -0.494 e. The van der Waals surface area contributed by atoms with Gasteiger partial charge in [-0.25, -0.2) is 5.01 Å². The number of hydrazone groups is 1. The number of ether oxygens (including phenoxy) is 2. The first-order valence-corrected chi connectivity index (χ1v) is 10.7. The van der Waals surface area contributed by atoms with Crippen LogP contribution in [0.4, 0.5) is 0 Å². The van der Waals surface area contributed by atoms with Gasteiger partial charge in [0.2, 0.25) is 6.23 Å². The molecule has 5 rings (SSSR count). The van der Waals surface area contributed by atoms with E-state index in [4.69, 9.17) is 37.8 Å². The summed E-state index contributed by atoms with van der Waals surface area (Å²) >= 11 is 12.8. The number of benzene rings is 3. The minimum atomic E-state index is -0.405. The summed E-state index contributed by atoms with van der Waals surface area (Å²) in [6, 6.07) is 21.5. The van der Waals surface area contributed by atoms with Crippen molar-refractivity contribution in [1.29, 1.82) is 0 Å². The fourth-order valence-corrected chi connectivity index (χ4v) is 4.43. The van der Waals surface area contributed by atoms with Crippen LogP contribution in [-0.4, -0.2) is 17.3 Å². The number of hydrogen-bond donors (Lipinski definition) is 0. The number of nitrogens with zero attached hydrogens (tertiary/aromatic N) is 2. The molecular formula is C24H20Cl2N2O2. The van der Waals surface area contributed by atoms with E-state index in [1.807, 2.05) is 78.7 Å². The van der Waals surface area contributed by atoms with Crippen LogP contribution in [0.1, 0.15) is 42.3 Å². The van der Waals surface area contributed by atoms with E-state index in [1.165, 1.54) is 0 Å². The van der Waals surface area contributed by atoms with E-state index in [0.29, 0.717) is 16.7 Å². The maximum Gasteiger partial charge on any atom is 0.215 e. The normalized spacial score (nSPS) is 19.6. The fraction of sp³-hybridized carbons (Fsp3) is 0.208. The van der Waals surface area contributed by atoms with E-state index in [2.05, 4.69) is 0 Å². The molecule has 0 radical (unpaired) electrons. The summed E-state index contributed by atoms with van der Waals surface area (Å²) in [7, 11) is 0. The maximum absolute atomic E-state index is 6.51. The molecule has 2 aliphatic heterocycles. The van der Waals surface area contributed by atoms with Crippen molar-refractivity contribution in [2.75, 3.05) is 6.61 Å². The summed E-state index contributed by atoms with van der Waals surface area (Å²) in [5, 5.41) is 8.31. The van der Waals surface area contributed by atoms with Crippen molar-refractivity contribution in [2.45, 2.75) is 25.6 Å². The molecule has 0 unspecified atom stereocenters. The lowest BCUT2D eigenvalue weighted by molar-refractivity contribution is -0.0189. The van der Waals surface area contributed by atoms with Gasteiger partial charge in [0.25, 0.3) is 0 Å². The third-order valence-electron chi connectivity index (χ3n) is 5.42. The zero-order valence-corrected chi connectivity index (χ0v) is 17.9. The van der Waals surface area contributed by atoms with Gasteiger partial charge in [-0.2, -0.15) is 5.10 Å². The van der Waals surface area contributed by atoms with E-state index >= 15 is 0 Å². The maximum atomic E-state index is 6.51. The lowest BCUT2D eigenvalue weighted by Crippen LogP contribution is -2.33. The lowest BCUT2D eigenvalue weighted by Gasteiger charge is -2.38. The quantitative estimate of drug-likeness (QED) is 0.457. The Kier molecular flexibility index (Phi) is 5.05. The lowest BCUT2D eigenvalue weighted by atomic mass is 9.96. The predicted molar refractivity (Wildman–Crippen MR) is 120 cm³/mol. The van der Waals surface area contributed by atoms with Crippen LogP contribution >= 0.6 is 23.2 Å². The van der Waals surface area contributed by atoms with Crippen molar-refractivity contribution in [3.8, 4) is 11.5 Å². The van der Waals surface area contributed by atoms with Crippen LogP contribution in [0.5, 0.6) is 11.5 Å². The van der Waals surface area contributed by atoms with Crippen LogP contribution in [0, 0.1) is 0 Å². The second-order valence-electron chi connectivity index (χ2n) is 7.28. The summed E-state index contributed by atoms with van der Waals surface area (Å²) in [5.41, 5.74) is 3.99. The van der Waals surface area contributed by atoms with E-state index in [-0.39, 0.29) is 6.04 Å². The Morgan fingerprint density at radius 2 is 1.83 bits per heavy atom. The van der Waals surface area contributed by atoms with Crippen molar-refractivity contribution in [3.63, 3.8) is 0 Å². The van der Waals surface area contributed by atoms with Gasteiger partial charge in [0.05, 0.1) is 18.4 Å². The monoisotopic (exact) mass is 438 g/mol. The Balaban J connectivity index is 1.56. The summed E-state index contributed by atoms with van der Waals surface area (Å²) in [6.07, 6.45) is 0.351. The first kappa shape index (κ1) is 19.3. The van der Waals surface area contributed by atoms with Gasteiger partial charge in [0.1, 0.15) is 11.5 Å². The molecule has 0 fully saturated rings. The van der Waals surface area contributed by atoms with Crippen molar-refractivity contribution in [2.24, 2.45) is 5.10 Å². The summed E-state index contributed by atoms with van der Waals surface area (Å²) in [4.78, 5) is 0. The molecule has 4 nitrogen and oxygen atoms in total. The Bertz CT molecular complexity index is 1110. The van der Waals surface area contributed by atoms with E-state index in [1.54, 1.807) is 0 Å². The third kappa shape index (κ3) is 3.40. The van der Waals surface area contributed by atoms with Gasteiger partial charge in [-0.05, 0) is 61.0 Å². The molecule has 2 atom stereocenters. The van der Waals surface area contributed by atoms with Crippen molar-refractivity contribution in [3.05, 3.63) is 93.5 Å². The van der Waals surface area contributed by atoms with Gasteiger partial charge in [0, 0.05) is 27.6 Å². The number of fused-ring (bicyclic) bond motifs is 3. The fourth-order valence-electron chi connectivity index (χ4n) is 4.02. The molecule has 0 N–H and O–H groups in total. The van der Waals surface area contributed by atoms with Gasteiger partial charge in [-0.15, -0.1) is 0 Å². The highest BCUT2D eigenvalue weighted by molar-refractivity contribution is 6.31. The first-order chi connectivity index (χ1) is 14.6. The second kappa shape index (κ2) is 7.86. The van der Waals surface area contributed by atoms with Crippen molar-refractivity contribution in [1.82, 2.24) is 5.01 Å². The summed E-state index contributed by atoms with van der Waals surface area (Å²) in [6.45, 7) is 2.62. The molecule has 2 heterocycles. The van der Waals surface area contributed by atoms with Crippen LogP contribution in [0.15, 0.2) is 71.8 Å². The Morgan fingerprint density at radius 3 is 2.60 bits per heavy atom. The average molecular weight is 439 g/mol. The predicted octanol–water partition coefficient (Wildman–Crippen LogP) is 6.63. The number of rotatable bonds is 4. The highest BCUT2D eigenvalue weighted by Gasteiger charge is 2.41. The molecule has 152 valence electrons. The Labute approximate surface area is 185 Å². The zero-order valence-electron chi connectivity index (χ0n) is 16.4. The molecule has 6 heteroatoms. The molecule has 30 heavy (non-hydrogen) atoms. The largest absolute Gasteiger partial charge is 0.494 e. The van der Waals surface area contributed by atoms with Crippen molar-refractivity contribution >= 4 is 28.9 Å². The molecule has 0 amide bonds. The molecule has 0 bridgehead atoms. The van der Waals surface area contributed by atoms with Gasteiger partial charge < -0.3 is 9.47 Å². The highest BCUT2D eigenvalue weighted by Crippen LogP contribution is 2.49. The van der Waals surface area contributed by atoms with E-state index in [0.717, 1.165) is 40.3 Å². The van der Waals surface area contributed by atoms with Crippen LogP contribution in [0.3, 0.4) is 0 Å². The second-order valence-corrected chi connectivity index (χ2v) is 8.12. The van der Waals surface area contributed by atoms with Gasteiger partial charge in [-0.3, -0.25) is 0 Å². The minimum absolute atomic E-state index is 0.0234. The highest BCUT2D eigenvalue weighted by atomic mass is 35.5. The van der Waals surface area contributed by atoms with Crippen LogP contribution < -0.4 is 9.47 Å². The standard InChI is InChI=1S/C24H20Cl2N2O2/c1-2-29-17-10-7-15(8-11-17)21-14-22-19-13-16(25)9-12-23(19)30-24(28(22)27-21)18-5-3-4-6-20(18)26/h3-13,22,24H,2,14H2,1H3/t22-,24+/m1/s1. The molecule has 0 aromatic heterocycles. The molecule has 2 aliphatic rings. The Hall–Kier alpha value is -2.69. The van der Waals surface area contributed by atoms with Crippen LogP contribution in [-0.2, 0) is 0 Å². The molecule has 0 saturated heterocycles. The van der Waals surface area contributed by atoms with Gasteiger partial charge >= 0.3 is 0 Å². The molecule has 3 aromatic rings. The van der Waals surface area contributed by atoms with E-state index in [9.17, 15) is 0 Å². The third-order valence-corrected chi connectivity index (χ3v) is 6.00. The van der Waals surface area contributed by atoms with Gasteiger partial charge in [-0.1, -0.05) is 41.4 Å². The van der Waals surface area contributed by atoms with Crippen LogP contribution in [0.2, 0.25) is 10.0 Å². The van der Waals surface area contributed by atoms with Crippen LogP contribution in [0.25, 0.3) is 0 Å². The van der Waals surface area contributed by atoms with Gasteiger partial charge in [0.15, 0.2) is 0 Å². The molecular weight excluding hydrogens is 419 g/mol. The zero-order chi connectivity index (χ0) is 20.7.